The monoisotopic (exact) mass is 558 g/mol. The number of carboxylic acid groups (broad SMARTS) is 1. The molecule has 0 saturated carbocycles. The molecule has 0 fully saturated rings. The van der Waals surface area contributed by atoms with Crippen LogP contribution >= 0.6 is 93.1 Å². The van der Waals surface area contributed by atoms with Crippen molar-refractivity contribution in [3.63, 3.8) is 0 Å². The Balaban J connectivity index is 0.000000131. The fourth-order valence-electron chi connectivity index (χ4n) is 1.68. The third kappa shape index (κ3) is 3.50. The largest absolute Gasteiger partial charge is 0.477 e. The summed E-state index contributed by atoms with van der Waals surface area (Å²) in [4.78, 5) is 10.9. The summed E-state index contributed by atoms with van der Waals surface area (Å²) in [5.74, 6) is -0.835. The van der Waals surface area contributed by atoms with Crippen LogP contribution in [-0.2, 0) is 0 Å². The van der Waals surface area contributed by atoms with Crippen LogP contribution < -0.4 is 0 Å². The van der Waals surface area contributed by atoms with E-state index in [0.717, 1.165) is 9.40 Å². The van der Waals surface area contributed by atoms with Crippen LogP contribution in [-0.4, -0.2) is 11.1 Å². The van der Waals surface area contributed by atoms with Crippen LogP contribution in [0.4, 0.5) is 0 Å². The third-order valence-electron chi connectivity index (χ3n) is 2.59. The molecule has 0 amide bonds. The van der Waals surface area contributed by atoms with Gasteiger partial charge in [-0.05, 0) is 71.4 Å². The van der Waals surface area contributed by atoms with E-state index in [-0.39, 0.29) is 0 Å². The molecule has 0 spiro atoms. The van der Waals surface area contributed by atoms with Gasteiger partial charge in [0.2, 0.25) is 0 Å². The van der Waals surface area contributed by atoms with Gasteiger partial charge in [-0.25, -0.2) is 4.79 Å². The number of hydrogen-bond acceptors (Lipinski definition) is 5. The van der Waals surface area contributed by atoms with E-state index in [1.807, 2.05) is 11.4 Å². The van der Waals surface area contributed by atoms with E-state index in [4.69, 9.17) is 5.11 Å². The standard InChI is InChI=1S/C7H4O2S2.C6HBr3S2/c8-7(9)6-3-5-4(11-6)1-2-10-5;7-3-1-2-5(11-3)4(8)6(9)10-2/h1-3H,(H,8,9);1H. The molecule has 114 valence electrons. The lowest BCUT2D eigenvalue weighted by Gasteiger charge is -1.80. The first-order chi connectivity index (χ1) is 10.5. The van der Waals surface area contributed by atoms with E-state index in [1.165, 1.54) is 32.8 Å². The summed E-state index contributed by atoms with van der Waals surface area (Å²) in [7, 11) is 0. The molecule has 0 aliphatic rings. The maximum absolute atomic E-state index is 10.5. The molecule has 0 saturated heterocycles. The Morgan fingerprint density at radius 3 is 2.41 bits per heavy atom. The van der Waals surface area contributed by atoms with Gasteiger partial charge in [-0.2, -0.15) is 0 Å². The smallest absolute Gasteiger partial charge is 0.345 e. The number of carbonyl (C=O) groups is 1. The number of aromatic carboxylic acids is 1. The Labute approximate surface area is 166 Å². The second kappa shape index (κ2) is 7.00. The Morgan fingerprint density at radius 1 is 1.00 bits per heavy atom. The van der Waals surface area contributed by atoms with Crippen molar-refractivity contribution in [3.05, 3.63) is 40.5 Å². The third-order valence-corrected chi connectivity index (χ3v) is 10.1. The molecule has 0 aliphatic heterocycles. The lowest BCUT2D eigenvalue weighted by molar-refractivity contribution is 0.0702. The molecule has 1 N–H and O–H groups in total. The predicted octanol–water partition coefficient (Wildman–Crippen LogP) is 7.91. The first kappa shape index (κ1) is 17.1. The summed E-state index contributed by atoms with van der Waals surface area (Å²) >= 11 is 16.8. The quantitative estimate of drug-likeness (QED) is 0.257. The lowest BCUT2D eigenvalue weighted by Crippen LogP contribution is -1.89. The zero-order chi connectivity index (χ0) is 15.9. The van der Waals surface area contributed by atoms with Crippen molar-refractivity contribution >= 4 is 118 Å². The second-order valence-electron chi connectivity index (χ2n) is 4.00. The van der Waals surface area contributed by atoms with Gasteiger partial charge in [-0.3, -0.25) is 0 Å². The minimum atomic E-state index is -0.835. The molecule has 0 atom stereocenters. The highest BCUT2D eigenvalue weighted by molar-refractivity contribution is 9.13. The topological polar surface area (TPSA) is 37.3 Å². The molecule has 0 radical (unpaired) electrons. The average molecular weight is 561 g/mol. The van der Waals surface area contributed by atoms with Gasteiger partial charge >= 0.3 is 5.97 Å². The van der Waals surface area contributed by atoms with Crippen LogP contribution in [0.15, 0.2) is 35.6 Å². The van der Waals surface area contributed by atoms with Crippen LogP contribution in [0, 0.1) is 0 Å². The van der Waals surface area contributed by atoms with Gasteiger partial charge in [0, 0.05) is 14.1 Å². The van der Waals surface area contributed by atoms with E-state index < -0.39 is 5.97 Å². The summed E-state index contributed by atoms with van der Waals surface area (Å²) in [6.45, 7) is 0. The minimum absolute atomic E-state index is 0.423. The number of hydrogen-bond donors (Lipinski definition) is 1. The SMILES string of the molecule is Brc1cc2sc(Br)c(Br)c2s1.O=C(O)c1cc2sccc2s1. The molecule has 4 heterocycles. The van der Waals surface area contributed by atoms with Gasteiger partial charge < -0.3 is 5.11 Å². The minimum Gasteiger partial charge on any atom is -0.477 e. The van der Waals surface area contributed by atoms with Crippen molar-refractivity contribution in [2.24, 2.45) is 0 Å². The molecule has 0 aromatic carbocycles. The number of carboxylic acids is 1. The van der Waals surface area contributed by atoms with E-state index in [9.17, 15) is 4.79 Å². The van der Waals surface area contributed by atoms with Gasteiger partial charge in [0.15, 0.2) is 0 Å². The molecule has 4 aromatic heterocycles. The van der Waals surface area contributed by atoms with E-state index in [2.05, 4.69) is 53.9 Å². The van der Waals surface area contributed by atoms with Crippen LogP contribution in [0.3, 0.4) is 0 Å². The number of rotatable bonds is 1. The molecule has 0 unspecified atom stereocenters. The number of thiophene rings is 4. The van der Waals surface area contributed by atoms with Crippen LogP contribution in [0.5, 0.6) is 0 Å². The van der Waals surface area contributed by atoms with Crippen molar-refractivity contribution in [2.75, 3.05) is 0 Å². The highest BCUT2D eigenvalue weighted by Crippen LogP contribution is 2.44. The van der Waals surface area contributed by atoms with Crippen molar-refractivity contribution in [1.82, 2.24) is 0 Å². The summed E-state index contributed by atoms with van der Waals surface area (Å²) < 4.78 is 8.29. The summed E-state index contributed by atoms with van der Waals surface area (Å²) in [5, 5.41) is 10.6. The molecule has 4 rings (SSSR count). The summed E-state index contributed by atoms with van der Waals surface area (Å²) in [5.41, 5.74) is 0. The summed E-state index contributed by atoms with van der Waals surface area (Å²) in [6.07, 6.45) is 0. The van der Waals surface area contributed by atoms with Crippen LogP contribution in [0.25, 0.3) is 18.8 Å². The predicted molar refractivity (Wildman–Crippen MR) is 109 cm³/mol. The van der Waals surface area contributed by atoms with Crippen LogP contribution in [0.2, 0.25) is 0 Å². The zero-order valence-corrected chi connectivity index (χ0v) is 18.5. The van der Waals surface area contributed by atoms with Gasteiger partial charge in [0.25, 0.3) is 0 Å². The number of fused-ring (bicyclic) bond motifs is 2. The Hall–Kier alpha value is 0.230. The molecule has 4 aromatic rings. The Kier molecular flexibility index (Phi) is 5.43. The maximum Gasteiger partial charge on any atom is 0.345 e. The maximum atomic E-state index is 10.5. The lowest BCUT2D eigenvalue weighted by atomic mass is 10.4. The van der Waals surface area contributed by atoms with Crippen molar-refractivity contribution in [1.29, 1.82) is 0 Å². The van der Waals surface area contributed by atoms with E-state index >= 15 is 0 Å². The van der Waals surface area contributed by atoms with Gasteiger partial charge in [0.05, 0.1) is 16.7 Å². The molecular weight excluding hydrogens is 556 g/mol. The van der Waals surface area contributed by atoms with Crippen molar-refractivity contribution in [2.45, 2.75) is 0 Å². The molecule has 22 heavy (non-hydrogen) atoms. The Morgan fingerprint density at radius 2 is 1.77 bits per heavy atom. The number of halogens is 3. The van der Waals surface area contributed by atoms with Crippen molar-refractivity contribution < 1.29 is 9.90 Å². The van der Waals surface area contributed by atoms with E-state index in [1.54, 1.807) is 40.1 Å². The van der Waals surface area contributed by atoms with E-state index in [0.29, 0.717) is 4.88 Å². The zero-order valence-electron chi connectivity index (χ0n) is 10.4. The molecule has 9 heteroatoms. The normalized spacial score (nSPS) is 10.9. The molecule has 2 nitrogen and oxygen atoms in total. The van der Waals surface area contributed by atoms with Crippen LogP contribution in [0.1, 0.15) is 9.67 Å². The van der Waals surface area contributed by atoms with Gasteiger partial charge in [0.1, 0.15) is 4.88 Å². The average Bonchev–Trinajstić information content (AvgIpc) is 3.15. The fourth-order valence-corrected chi connectivity index (χ4v) is 8.04. The highest BCUT2D eigenvalue weighted by Gasteiger charge is 2.10. The fraction of sp³-hybridized carbons (Fsp3) is 0. The summed E-state index contributed by atoms with van der Waals surface area (Å²) in [6, 6.07) is 5.80. The first-order valence-electron chi connectivity index (χ1n) is 5.69. The van der Waals surface area contributed by atoms with Crippen molar-refractivity contribution in [3.8, 4) is 0 Å². The second-order valence-corrected chi connectivity index (χ2v) is 11.6. The van der Waals surface area contributed by atoms with Gasteiger partial charge in [-0.15, -0.1) is 45.3 Å². The molecule has 0 aliphatic carbocycles. The highest BCUT2D eigenvalue weighted by atomic mass is 79.9. The molecule has 0 bridgehead atoms. The Bertz CT molecular complexity index is 934. The van der Waals surface area contributed by atoms with Gasteiger partial charge in [-0.1, -0.05) is 0 Å². The molecular formula is C13H5Br3O2S4. The first-order valence-corrected chi connectivity index (χ1v) is 11.4.